The molecule has 1 aliphatic heterocycles. The van der Waals surface area contributed by atoms with Gasteiger partial charge in [-0.2, -0.15) is 0 Å². The van der Waals surface area contributed by atoms with Gasteiger partial charge in [0.1, 0.15) is 18.1 Å². The van der Waals surface area contributed by atoms with Crippen LogP contribution in [0, 0.1) is 11.8 Å². The van der Waals surface area contributed by atoms with Crippen LogP contribution in [0.1, 0.15) is 76.6 Å². The maximum absolute atomic E-state index is 14.1. The van der Waals surface area contributed by atoms with Crippen LogP contribution in [0.4, 0.5) is 0 Å². The summed E-state index contributed by atoms with van der Waals surface area (Å²) in [6.45, 7) is 5.64. The Bertz CT molecular complexity index is 1280. The number of nitrogens with zero attached hydrogens (tertiary/aromatic N) is 4. The molecule has 4 rings (SSSR count). The number of hydrogen-bond acceptors (Lipinski definition) is 7. The van der Waals surface area contributed by atoms with Crippen LogP contribution in [-0.4, -0.2) is 81.3 Å². The fraction of sp³-hybridized carbons (Fsp3) is 0.625. The van der Waals surface area contributed by atoms with Crippen molar-refractivity contribution in [1.29, 1.82) is 0 Å². The minimum absolute atomic E-state index is 0.212. The average Bonchev–Trinajstić information content (AvgIpc) is 3.67. The molecule has 1 aliphatic carbocycles. The zero-order valence-corrected chi connectivity index (χ0v) is 26.4. The van der Waals surface area contributed by atoms with E-state index in [1.807, 2.05) is 50.4 Å². The van der Waals surface area contributed by atoms with Crippen molar-refractivity contribution in [2.75, 3.05) is 13.6 Å². The summed E-state index contributed by atoms with van der Waals surface area (Å²) in [6.07, 6.45) is 9.46. The zero-order chi connectivity index (χ0) is 31.8. The van der Waals surface area contributed by atoms with E-state index in [9.17, 15) is 19.2 Å². The predicted molar refractivity (Wildman–Crippen MR) is 166 cm³/mol. The molecule has 2 fully saturated rings. The summed E-state index contributed by atoms with van der Waals surface area (Å²) in [5, 5.41) is 17.4. The van der Waals surface area contributed by atoms with Crippen molar-refractivity contribution in [3.05, 3.63) is 47.8 Å². The summed E-state index contributed by atoms with van der Waals surface area (Å²) in [4.78, 5) is 54.6. The molecule has 0 bridgehead atoms. The van der Waals surface area contributed by atoms with Gasteiger partial charge in [0.05, 0.1) is 17.8 Å². The predicted octanol–water partition coefficient (Wildman–Crippen LogP) is 1.50. The van der Waals surface area contributed by atoms with Crippen LogP contribution in [0.5, 0.6) is 0 Å². The van der Waals surface area contributed by atoms with E-state index in [0.717, 1.165) is 17.7 Å². The molecular weight excluding hydrogens is 560 g/mol. The van der Waals surface area contributed by atoms with Crippen molar-refractivity contribution in [2.24, 2.45) is 17.6 Å². The standard InChI is InChI=1S/C32H48N8O4/c1-20(2)28(36-30(42)21(3)34-4)32(44)39-19-25(40-18-24(37-38-40)15-22-11-7-5-8-12-22)17-27(39)31(43)35-26(29(33)41)16-23-13-9-6-10-14-23/h6,9-10,13-14,18,20-22,25-28,34H,5,7-8,11-12,15-17,19H2,1-4H3,(H2,33,41)(H,35,43)(H,36,42)/t21-,25+,26-,27-,28-/m0/s1. The minimum Gasteiger partial charge on any atom is -0.368 e. The first-order valence-electron chi connectivity index (χ1n) is 15.9. The van der Waals surface area contributed by atoms with Gasteiger partial charge in [0.25, 0.3) is 0 Å². The molecule has 2 heterocycles. The Kier molecular flexibility index (Phi) is 11.5. The molecule has 1 saturated heterocycles. The molecule has 12 heteroatoms. The number of amides is 4. The summed E-state index contributed by atoms with van der Waals surface area (Å²) in [7, 11) is 1.67. The van der Waals surface area contributed by atoms with Gasteiger partial charge in [0, 0.05) is 25.6 Å². The second-order valence-corrected chi connectivity index (χ2v) is 12.7. The topological polar surface area (TPSA) is 164 Å². The van der Waals surface area contributed by atoms with E-state index in [1.165, 1.54) is 37.0 Å². The lowest BCUT2D eigenvalue weighted by Gasteiger charge is -2.31. The number of likely N-dealkylation sites (tertiary alicyclic amines) is 1. The van der Waals surface area contributed by atoms with Gasteiger partial charge in [-0.05, 0) is 37.8 Å². The number of benzene rings is 1. The maximum atomic E-state index is 14.1. The lowest BCUT2D eigenvalue weighted by Crippen LogP contribution is -2.58. The lowest BCUT2D eigenvalue weighted by atomic mass is 9.86. The SMILES string of the molecule is CN[C@@H](C)C(=O)N[C@H](C(=O)N1C[C@H](n2cc(CC3CCCCC3)nn2)C[C@H]1C(=O)N[C@@H](Cc1ccccc1)C(N)=O)C(C)C. The van der Waals surface area contributed by atoms with Crippen molar-refractivity contribution in [2.45, 2.75) is 102 Å². The summed E-state index contributed by atoms with van der Waals surface area (Å²) in [5.41, 5.74) is 7.46. The number of aromatic nitrogens is 3. The molecule has 0 spiro atoms. The van der Waals surface area contributed by atoms with Crippen molar-refractivity contribution >= 4 is 23.6 Å². The van der Waals surface area contributed by atoms with E-state index in [1.54, 1.807) is 18.7 Å². The highest BCUT2D eigenvalue weighted by Gasteiger charge is 2.44. The molecule has 5 atom stereocenters. The Morgan fingerprint density at radius 2 is 1.73 bits per heavy atom. The molecule has 0 unspecified atom stereocenters. The van der Waals surface area contributed by atoms with Gasteiger partial charge in [-0.3, -0.25) is 19.2 Å². The molecule has 1 aromatic carbocycles. The fourth-order valence-electron chi connectivity index (χ4n) is 6.21. The number of hydrogen-bond donors (Lipinski definition) is 4. The number of nitrogens with one attached hydrogen (secondary N) is 3. The third-order valence-electron chi connectivity index (χ3n) is 9.02. The van der Waals surface area contributed by atoms with E-state index >= 15 is 0 Å². The summed E-state index contributed by atoms with van der Waals surface area (Å²) >= 11 is 0. The zero-order valence-electron chi connectivity index (χ0n) is 26.4. The van der Waals surface area contributed by atoms with E-state index < -0.39 is 36.0 Å². The van der Waals surface area contributed by atoms with Gasteiger partial charge in [-0.1, -0.05) is 81.5 Å². The maximum Gasteiger partial charge on any atom is 0.246 e. The number of nitrogens with two attached hydrogens (primary N) is 1. The highest BCUT2D eigenvalue weighted by atomic mass is 16.2. The van der Waals surface area contributed by atoms with E-state index in [2.05, 4.69) is 26.3 Å². The number of primary amides is 1. The van der Waals surface area contributed by atoms with Crippen LogP contribution >= 0.6 is 0 Å². The van der Waals surface area contributed by atoms with Gasteiger partial charge < -0.3 is 26.6 Å². The largest absolute Gasteiger partial charge is 0.368 e. The normalized spacial score (nSPS) is 21.1. The van der Waals surface area contributed by atoms with Crippen LogP contribution < -0.4 is 21.7 Å². The Labute approximate surface area is 259 Å². The van der Waals surface area contributed by atoms with Crippen LogP contribution in [0.3, 0.4) is 0 Å². The average molecular weight is 609 g/mol. The van der Waals surface area contributed by atoms with E-state index in [4.69, 9.17) is 5.73 Å². The fourth-order valence-corrected chi connectivity index (χ4v) is 6.21. The molecule has 240 valence electrons. The van der Waals surface area contributed by atoms with Crippen LogP contribution in [0.2, 0.25) is 0 Å². The molecule has 4 amide bonds. The number of likely N-dealkylation sites (N-methyl/N-ethyl adjacent to an activating group) is 1. The summed E-state index contributed by atoms with van der Waals surface area (Å²) in [5.74, 6) is -1.44. The molecule has 44 heavy (non-hydrogen) atoms. The second kappa shape index (κ2) is 15.3. The van der Waals surface area contributed by atoms with Crippen LogP contribution in [0.25, 0.3) is 0 Å². The molecule has 1 saturated carbocycles. The summed E-state index contributed by atoms with van der Waals surface area (Å²) < 4.78 is 1.76. The highest BCUT2D eigenvalue weighted by Crippen LogP contribution is 2.30. The van der Waals surface area contributed by atoms with Gasteiger partial charge in [0.2, 0.25) is 23.6 Å². The molecule has 0 radical (unpaired) electrons. The third-order valence-corrected chi connectivity index (χ3v) is 9.02. The second-order valence-electron chi connectivity index (χ2n) is 12.7. The van der Waals surface area contributed by atoms with Crippen molar-refractivity contribution in [1.82, 2.24) is 35.8 Å². The van der Waals surface area contributed by atoms with Crippen molar-refractivity contribution in [3.8, 4) is 0 Å². The number of rotatable bonds is 13. The number of carbonyl (C=O) groups is 4. The first kappa shape index (κ1) is 33.1. The smallest absolute Gasteiger partial charge is 0.246 e. The Morgan fingerprint density at radius 1 is 1.02 bits per heavy atom. The monoisotopic (exact) mass is 608 g/mol. The minimum atomic E-state index is -0.952. The highest BCUT2D eigenvalue weighted by molar-refractivity contribution is 5.95. The Balaban J connectivity index is 1.56. The van der Waals surface area contributed by atoms with Crippen molar-refractivity contribution < 1.29 is 19.2 Å². The first-order valence-corrected chi connectivity index (χ1v) is 15.9. The Hall–Kier alpha value is -3.80. The molecule has 5 N–H and O–H groups in total. The molecule has 2 aliphatic rings. The summed E-state index contributed by atoms with van der Waals surface area (Å²) in [6, 6.07) is 5.81. The van der Waals surface area contributed by atoms with E-state index in [-0.39, 0.29) is 43.2 Å². The van der Waals surface area contributed by atoms with Crippen molar-refractivity contribution in [3.63, 3.8) is 0 Å². The Morgan fingerprint density at radius 3 is 2.36 bits per heavy atom. The van der Waals surface area contributed by atoms with Crippen LogP contribution in [0.15, 0.2) is 36.5 Å². The third kappa shape index (κ3) is 8.43. The van der Waals surface area contributed by atoms with E-state index in [0.29, 0.717) is 5.92 Å². The lowest BCUT2D eigenvalue weighted by molar-refractivity contribution is -0.143. The van der Waals surface area contributed by atoms with Gasteiger partial charge in [-0.15, -0.1) is 5.10 Å². The molecule has 12 nitrogen and oxygen atoms in total. The van der Waals surface area contributed by atoms with Gasteiger partial charge in [-0.25, -0.2) is 4.68 Å². The molecular formula is C32H48N8O4. The molecule has 2 aromatic rings. The van der Waals surface area contributed by atoms with Crippen LogP contribution in [-0.2, 0) is 32.0 Å². The van der Waals surface area contributed by atoms with Gasteiger partial charge in [0.15, 0.2) is 0 Å². The van der Waals surface area contributed by atoms with Gasteiger partial charge >= 0.3 is 0 Å². The first-order chi connectivity index (χ1) is 21.1. The molecule has 1 aromatic heterocycles. The quantitative estimate of drug-likeness (QED) is 0.268. The number of carbonyl (C=O) groups excluding carboxylic acids is 4.